The molecule has 1 heterocycles. The van der Waals surface area contributed by atoms with E-state index in [9.17, 15) is 25.0 Å². The van der Waals surface area contributed by atoms with E-state index < -0.39 is 30.3 Å². The second-order valence-corrected chi connectivity index (χ2v) is 7.98. The Labute approximate surface area is 181 Å². The fourth-order valence-corrected chi connectivity index (χ4v) is 3.71. The maximum Gasteiger partial charge on any atom is 0.277 e. The van der Waals surface area contributed by atoms with E-state index in [0.29, 0.717) is 10.6 Å². The summed E-state index contributed by atoms with van der Waals surface area (Å²) in [6.07, 6.45) is -2.29. The van der Waals surface area contributed by atoms with Crippen LogP contribution in [-0.4, -0.2) is 69.8 Å². The molecule has 0 aromatic heterocycles. The van der Waals surface area contributed by atoms with Crippen molar-refractivity contribution in [1.29, 1.82) is 0 Å². The van der Waals surface area contributed by atoms with Gasteiger partial charge in [-0.05, 0) is 46.9 Å². The number of nitrogens with one attached hydrogen (secondary N) is 1. The number of aliphatic hydroxyl groups is 2. The van der Waals surface area contributed by atoms with Gasteiger partial charge in [0.25, 0.3) is 11.8 Å². The lowest BCUT2D eigenvalue weighted by Gasteiger charge is -2.29. The maximum absolute atomic E-state index is 12.3. The van der Waals surface area contributed by atoms with Gasteiger partial charge >= 0.3 is 0 Å². The Morgan fingerprint density at radius 1 is 1.17 bits per heavy atom. The SMILES string of the molecule is O=C(NC[C@H]1OC[C@@](O)(CN(O)C(=O)c2ccccc2)[C@@H]1O)c1ccccc1I. The van der Waals surface area contributed by atoms with Gasteiger partial charge in [0.2, 0.25) is 0 Å². The van der Waals surface area contributed by atoms with Crippen LogP contribution < -0.4 is 5.32 Å². The molecule has 3 rings (SSSR count). The van der Waals surface area contributed by atoms with Gasteiger partial charge in [0.1, 0.15) is 17.8 Å². The molecule has 2 amide bonds. The average Bonchev–Trinajstić information content (AvgIpc) is 3.00. The smallest absolute Gasteiger partial charge is 0.277 e. The first-order valence-electron chi connectivity index (χ1n) is 8.92. The van der Waals surface area contributed by atoms with Gasteiger partial charge in [-0.15, -0.1) is 0 Å². The molecule has 1 saturated heterocycles. The molecule has 0 bridgehead atoms. The topological polar surface area (TPSA) is 119 Å². The Bertz CT molecular complexity index is 880. The van der Waals surface area contributed by atoms with Crippen LogP contribution in [-0.2, 0) is 4.74 Å². The molecule has 2 aromatic carbocycles. The van der Waals surface area contributed by atoms with Gasteiger partial charge in [0.15, 0.2) is 0 Å². The van der Waals surface area contributed by atoms with Gasteiger partial charge < -0.3 is 20.3 Å². The minimum atomic E-state index is -1.87. The number of hydrogen-bond acceptors (Lipinski definition) is 6. The monoisotopic (exact) mass is 512 g/mol. The van der Waals surface area contributed by atoms with Crippen molar-refractivity contribution < 1.29 is 29.7 Å². The lowest BCUT2D eigenvalue weighted by atomic mass is 9.96. The molecule has 0 saturated carbocycles. The molecule has 9 heteroatoms. The highest BCUT2D eigenvalue weighted by molar-refractivity contribution is 14.1. The Morgan fingerprint density at radius 3 is 2.52 bits per heavy atom. The van der Waals surface area contributed by atoms with Gasteiger partial charge in [0.05, 0.1) is 18.7 Å². The van der Waals surface area contributed by atoms with Crippen molar-refractivity contribution >= 4 is 34.4 Å². The van der Waals surface area contributed by atoms with Crippen LogP contribution in [0.5, 0.6) is 0 Å². The quantitative estimate of drug-likeness (QED) is 0.261. The third kappa shape index (κ3) is 4.93. The first kappa shape index (κ1) is 21.7. The molecule has 0 aliphatic carbocycles. The Balaban J connectivity index is 1.58. The number of amides is 2. The molecule has 4 N–H and O–H groups in total. The zero-order chi connectivity index (χ0) is 21.0. The fourth-order valence-electron chi connectivity index (χ4n) is 3.08. The molecule has 1 aliphatic rings. The Kier molecular flexibility index (Phi) is 6.85. The van der Waals surface area contributed by atoms with Gasteiger partial charge in [0, 0.05) is 15.7 Å². The van der Waals surface area contributed by atoms with Crippen molar-refractivity contribution in [2.24, 2.45) is 0 Å². The third-order valence-electron chi connectivity index (χ3n) is 4.71. The van der Waals surface area contributed by atoms with Crippen LogP contribution in [0.2, 0.25) is 0 Å². The van der Waals surface area contributed by atoms with Crippen LogP contribution in [0, 0.1) is 3.57 Å². The van der Waals surface area contributed by atoms with Gasteiger partial charge in [-0.3, -0.25) is 14.8 Å². The lowest BCUT2D eigenvalue weighted by Crippen LogP contribution is -2.54. The van der Waals surface area contributed by atoms with E-state index >= 15 is 0 Å². The largest absolute Gasteiger partial charge is 0.387 e. The molecule has 8 nitrogen and oxygen atoms in total. The Morgan fingerprint density at radius 2 is 1.83 bits per heavy atom. The molecule has 3 atom stereocenters. The van der Waals surface area contributed by atoms with Crippen LogP contribution in [0.1, 0.15) is 20.7 Å². The first-order valence-corrected chi connectivity index (χ1v) is 10.0. The lowest BCUT2D eigenvalue weighted by molar-refractivity contribution is -0.133. The summed E-state index contributed by atoms with van der Waals surface area (Å²) in [4.78, 5) is 24.6. The van der Waals surface area contributed by atoms with E-state index in [1.54, 1.807) is 36.4 Å². The van der Waals surface area contributed by atoms with Crippen molar-refractivity contribution in [3.05, 3.63) is 69.3 Å². The molecular formula is C20H21IN2O6. The molecule has 0 radical (unpaired) electrons. The minimum Gasteiger partial charge on any atom is -0.387 e. The van der Waals surface area contributed by atoms with Crippen LogP contribution in [0.25, 0.3) is 0 Å². The fraction of sp³-hybridized carbons (Fsp3) is 0.300. The number of ether oxygens (including phenoxy) is 1. The van der Waals surface area contributed by atoms with E-state index in [-0.39, 0.29) is 24.6 Å². The molecule has 0 unspecified atom stereocenters. The standard InChI is InChI=1S/C20H21IN2O6/c21-15-9-5-4-8-14(15)18(25)22-10-16-17(24)20(27,12-29-16)11-23(28)19(26)13-6-2-1-3-7-13/h1-9,16-17,24,27-28H,10-12H2,(H,22,25)/t16-,17-,20+/m1/s1. The Hall–Kier alpha value is -2.05. The number of hydroxylamine groups is 2. The minimum absolute atomic E-state index is 0.0364. The summed E-state index contributed by atoms with van der Waals surface area (Å²) in [5.74, 6) is -1.04. The molecule has 1 aliphatic heterocycles. The van der Waals surface area contributed by atoms with Crippen molar-refractivity contribution in [1.82, 2.24) is 10.4 Å². The summed E-state index contributed by atoms with van der Waals surface area (Å²) in [5.41, 5.74) is -1.13. The van der Waals surface area contributed by atoms with Crippen LogP contribution >= 0.6 is 22.6 Å². The average molecular weight is 512 g/mol. The third-order valence-corrected chi connectivity index (χ3v) is 5.65. The molecule has 29 heavy (non-hydrogen) atoms. The van der Waals surface area contributed by atoms with Gasteiger partial charge in [-0.25, -0.2) is 5.06 Å². The second-order valence-electron chi connectivity index (χ2n) is 6.82. The molecule has 0 spiro atoms. The van der Waals surface area contributed by atoms with Crippen molar-refractivity contribution in [3.63, 3.8) is 0 Å². The van der Waals surface area contributed by atoms with Crippen molar-refractivity contribution in [2.75, 3.05) is 19.7 Å². The zero-order valence-electron chi connectivity index (χ0n) is 15.4. The molecule has 2 aromatic rings. The number of carbonyl (C=O) groups excluding carboxylic acids is 2. The molecular weight excluding hydrogens is 491 g/mol. The number of halogens is 1. The maximum atomic E-state index is 12.3. The number of carbonyl (C=O) groups is 2. The predicted molar refractivity (Wildman–Crippen MR) is 111 cm³/mol. The number of aliphatic hydroxyl groups excluding tert-OH is 1. The van der Waals surface area contributed by atoms with E-state index in [0.717, 1.165) is 3.57 Å². The zero-order valence-corrected chi connectivity index (χ0v) is 17.5. The summed E-state index contributed by atoms with van der Waals surface area (Å²) in [5, 5.41) is 34.3. The van der Waals surface area contributed by atoms with Crippen LogP contribution in [0.3, 0.4) is 0 Å². The first-order chi connectivity index (χ1) is 13.8. The van der Waals surface area contributed by atoms with Crippen LogP contribution in [0.4, 0.5) is 0 Å². The highest BCUT2D eigenvalue weighted by atomic mass is 127. The normalized spacial score (nSPS) is 23.6. The van der Waals surface area contributed by atoms with E-state index in [4.69, 9.17) is 4.74 Å². The summed E-state index contributed by atoms with van der Waals surface area (Å²) in [6, 6.07) is 15.1. The van der Waals surface area contributed by atoms with E-state index in [1.165, 1.54) is 12.1 Å². The van der Waals surface area contributed by atoms with E-state index in [1.807, 2.05) is 6.07 Å². The summed E-state index contributed by atoms with van der Waals surface area (Å²) >= 11 is 2.05. The van der Waals surface area contributed by atoms with Crippen LogP contribution in [0.15, 0.2) is 54.6 Å². The number of nitrogens with zero attached hydrogens (tertiary/aromatic N) is 1. The van der Waals surface area contributed by atoms with E-state index in [2.05, 4.69) is 27.9 Å². The van der Waals surface area contributed by atoms with Gasteiger partial charge in [-0.1, -0.05) is 30.3 Å². The van der Waals surface area contributed by atoms with Gasteiger partial charge in [-0.2, -0.15) is 0 Å². The van der Waals surface area contributed by atoms with Crippen molar-refractivity contribution in [2.45, 2.75) is 17.8 Å². The predicted octanol–water partition coefficient (Wildman–Crippen LogP) is 1.04. The highest BCUT2D eigenvalue weighted by Gasteiger charge is 2.49. The number of rotatable bonds is 6. The van der Waals surface area contributed by atoms with Crippen molar-refractivity contribution in [3.8, 4) is 0 Å². The highest BCUT2D eigenvalue weighted by Crippen LogP contribution is 2.26. The molecule has 1 fully saturated rings. The number of benzene rings is 2. The molecule has 154 valence electrons. The number of hydrogen-bond donors (Lipinski definition) is 4. The second kappa shape index (κ2) is 9.18. The summed E-state index contributed by atoms with van der Waals surface area (Å²) in [7, 11) is 0. The summed E-state index contributed by atoms with van der Waals surface area (Å²) < 4.78 is 6.20. The summed E-state index contributed by atoms with van der Waals surface area (Å²) in [6.45, 7) is -0.870.